The molecule has 1 spiro atoms. The van der Waals surface area contributed by atoms with Gasteiger partial charge < -0.3 is 0 Å². The third-order valence-electron chi connectivity index (χ3n) is 11.4. The van der Waals surface area contributed by atoms with Crippen molar-refractivity contribution in [2.45, 2.75) is 5.41 Å². The van der Waals surface area contributed by atoms with Gasteiger partial charge in [-0.3, -0.25) is 4.57 Å². The Bertz CT molecular complexity index is 3020. The summed E-state index contributed by atoms with van der Waals surface area (Å²) in [7, 11) is 0. The van der Waals surface area contributed by atoms with Gasteiger partial charge >= 0.3 is 0 Å². The monoisotopic (exact) mass is 692 g/mol. The van der Waals surface area contributed by atoms with Gasteiger partial charge in [-0.25, -0.2) is 4.98 Å². The second kappa shape index (κ2) is 10.7. The van der Waals surface area contributed by atoms with Crippen LogP contribution in [0.2, 0.25) is 0 Å². The molecule has 246 valence electrons. The summed E-state index contributed by atoms with van der Waals surface area (Å²) in [5.74, 6) is 1.89. The summed E-state index contributed by atoms with van der Waals surface area (Å²) >= 11 is 1.77. The van der Waals surface area contributed by atoms with Gasteiger partial charge in [-0.1, -0.05) is 152 Å². The molecule has 0 N–H and O–H groups in total. The van der Waals surface area contributed by atoms with E-state index in [2.05, 4.69) is 137 Å². The molecule has 0 unspecified atom stereocenters. The van der Waals surface area contributed by atoms with Crippen LogP contribution in [-0.4, -0.2) is 19.5 Å². The van der Waals surface area contributed by atoms with Gasteiger partial charge in [0.15, 0.2) is 11.6 Å². The van der Waals surface area contributed by atoms with Gasteiger partial charge in [-0.15, -0.1) is 0 Å². The molecule has 3 aromatic heterocycles. The number of hydrogen-bond donors (Lipinski definition) is 0. The zero-order chi connectivity index (χ0) is 34.7. The molecule has 3 heterocycles. The molecule has 0 atom stereocenters. The van der Waals surface area contributed by atoms with Gasteiger partial charge in [0, 0.05) is 38.2 Å². The SMILES string of the molecule is c1ccc(-c2nc(-c3ccccc3)nc(-n3c4ccccc4c4c5cscc5c5c(c43)C3(c4ccccc4-c4ccccc43)c3ccccc3-5)n2)cc1. The standard InChI is InChI=1S/C48H28N4S/c1-3-15-29(16-4-1)45-49-46(30-17-5-2-6-18-30)51-47(50-45)52-40-26-14-10-22-34(40)42-36-28-53-27-35(36)41-33-21-9-13-25-39(33)48(43(41)44(42)52)37-23-11-7-19-31(37)32-20-8-12-24-38(32)48/h1-28H. The van der Waals surface area contributed by atoms with Crippen molar-refractivity contribution in [1.82, 2.24) is 19.5 Å². The van der Waals surface area contributed by atoms with Crippen LogP contribution >= 0.6 is 11.3 Å². The Balaban J connectivity index is 1.33. The van der Waals surface area contributed by atoms with Crippen molar-refractivity contribution in [3.05, 3.63) is 191 Å². The highest BCUT2D eigenvalue weighted by atomic mass is 32.1. The topological polar surface area (TPSA) is 43.6 Å². The molecule has 0 fully saturated rings. The Labute approximate surface area is 309 Å². The number of aromatic nitrogens is 4. The van der Waals surface area contributed by atoms with Crippen LogP contribution in [0.15, 0.2) is 168 Å². The summed E-state index contributed by atoms with van der Waals surface area (Å²) in [6.07, 6.45) is 0. The molecule has 0 aliphatic heterocycles. The van der Waals surface area contributed by atoms with E-state index in [1.807, 2.05) is 36.4 Å². The molecule has 2 aliphatic carbocycles. The highest BCUT2D eigenvalue weighted by molar-refractivity contribution is 7.09. The average Bonchev–Trinajstić information content (AvgIpc) is 3.99. The van der Waals surface area contributed by atoms with Crippen LogP contribution in [0, 0.1) is 0 Å². The lowest BCUT2D eigenvalue weighted by atomic mass is 9.70. The first-order valence-corrected chi connectivity index (χ1v) is 18.9. The van der Waals surface area contributed by atoms with E-state index in [9.17, 15) is 0 Å². The highest BCUT2D eigenvalue weighted by Gasteiger charge is 2.53. The lowest BCUT2D eigenvalue weighted by molar-refractivity contribution is 0.795. The summed E-state index contributed by atoms with van der Waals surface area (Å²) < 4.78 is 2.35. The lowest BCUT2D eigenvalue weighted by Gasteiger charge is -2.31. The second-order valence-corrected chi connectivity index (χ2v) is 14.7. The number of hydrogen-bond acceptors (Lipinski definition) is 4. The number of fused-ring (bicyclic) bond motifs is 17. The van der Waals surface area contributed by atoms with E-state index >= 15 is 0 Å². The third-order valence-corrected chi connectivity index (χ3v) is 12.1. The summed E-state index contributed by atoms with van der Waals surface area (Å²) in [6, 6.07) is 56.4. The Hall–Kier alpha value is -6.69. The van der Waals surface area contributed by atoms with E-state index < -0.39 is 5.41 Å². The second-order valence-electron chi connectivity index (χ2n) is 13.9. The number of nitrogens with zero attached hydrogens (tertiary/aromatic N) is 4. The molecule has 4 nitrogen and oxygen atoms in total. The maximum atomic E-state index is 5.36. The first kappa shape index (κ1) is 28.9. The van der Waals surface area contributed by atoms with Gasteiger partial charge in [0.05, 0.1) is 16.4 Å². The summed E-state index contributed by atoms with van der Waals surface area (Å²) in [4.78, 5) is 15.8. The van der Waals surface area contributed by atoms with Gasteiger partial charge in [0.2, 0.25) is 5.95 Å². The summed E-state index contributed by atoms with van der Waals surface area (Å²) in [5.41, 5.74) is 13.9. The zero-order valence-corrected chi connectivity index (χ0v) is 29.2. The quantitative estimate of drug-likeness (QED) is 0.185. The Kier molecular flexibility index (Phi) is 5.83. The zero-order valence-electron chi connectivity index (χ0n) is 28.4. The van der Waals surface area contributed by atoms with Crippen LogP contribution in [0.1, 0.15) is 22.3 Å². The van der Waals surface area contributed by atoms with Gasteiger partial charge in [-0.2, -0.15) is 21.3 Å². The normalized spacial score (nSPS) is 13.4. The molecule has 10 aromatic rings. The molecule has 5 heteroatoms. The molecule has 0 saturated carbocycles. The fraction of sp³-hybridized carbons (Fsp3) is 0.0208. The van der Waals surface area contributed by atoms with Crippen molar-refractivity contribution in [3.8, 4) is 51.0 Å². The molecular weight excluding hydrogens is 665 g/mol. The Morgan fingerprint density at radius 2 is 0.962 bits per heavy atom. The Morgan fingerprint density at radius 3 is 1.60 bits per heavy atom. The molecule has 2 aliphatic rings. The molecule has 7 aromatic carbocycles. The number of rotatable bonds is 3. The van der Waals surface area contributed by atoms with Crippen LogP contribution in [0.25, 0.3) is 83.6 Å². The highest BCUT2D eigenvalue weighted by Crippen LogP contribution is 2.66. The molecular formula is C48H28N4S. The third kappa shape index (κ3) is 3.71. The van der Waals surface area contributed by atoms with Gasteiger partial charge in [-0.05, 0) is 55.8 Å². The van der Waals surface area contributed by atoms with E-state index in [4.69, 9.17) is 15.0 Å². The minimum absolute atomic E-state index is 0.558. The largest absolute Gasteiger partial charge is 0.277 e. The Morgan fingerprint density at radius 1 is 0.453 bits per heavy atom. The fourth-order valence-corrected chi connectivity index (χ4v) is 10.2. The number of para-hydroxylation sites is 1. The molecule has 12 rings (SSSR count). The van der Waals surface area contributed by atoms with Crippen molar-refractivity contribution in [1.29, 1.82) is 0 Å². The predicted molar refractivity (Wildman–Crippen MR) is 217 cm³/mol. The van der Waals surface area contributed by atoms with Crippen molar-refractivity contribution in [2.75, 3.05) is 0 Å². The lowest BCUT2D eigenvalue weighted by Crippen LogP contribution is -2.26. The first-order valence-electron chi connectivity index (χ1n) is 17.9. The van der Waals surface area contributed by atoms with E-state index in [0.29, 0.717) is 17.6 Å². The van der Waals surface area contributed by atoms with Crippen LogP contribution in [-0.2, 0) is 5.41 Å². The van der Waals surface area contributed by atoms with Crippen LogP contribution in [0.4, 0.5) is 0 Å². The predicted octanol–water partition coefficient (Wildman–Crippen LogP) is 11.9. The molecule has 53 heavy (non-hydrogen) atoms. The first-order chi connectivity index (χ1) is 26.3. The molecule has 0 amide bonds. The van der Waals surface area contributed by atoms with Gasteiger partial charge in [0.25, 0.3) is 0 Å². The van der Waals surface area contributed by atoms with E-state index in [0.717, 1.165) is 22.2 Å². The minimum atomic E-state index is -0.558. The van der Waals surface area contributed by atoms with Crippen LogP contribution < -0.4 is 0 Å². The van der Waals surface area contributed by atoms with Crippen molar-refractivity contribution < 1.29 is 0 Å². The van der Waals surface area contributed by atoms with Crippen LogP contribution in [0.3, 0.4) is 0 Å². The van der Waals surface area contributed by atoms with Crippen molar-refractivity contribution in [3.63, 3.8) is 0 Å². The maximum absolute atomic E-state index is 5.36. The van der Waals surface area contributed by atoms with E-state index in [1.165, 1.54) is 66.1 Å². The van der Waals surface area contributed by atoms with Crippen LogP contribution in [0.5, 0.6) is 0 Å². The average molecular weight is 693 g/mol. The summed E-state index contributed by atoms with van der Waals surface area (Å²) in [5, 5.41) is 9.64. The van der Waals surface area contributed by atoms with E-state index in [1.54, 1.807) is 11.3 Å². The molecule has 0 radical (unpaired) electrons. The summed E-state index contributed by atoms with van der Waals surface area (Å²) in [6.45, 7) is 0. The number of benzene rings is 7. The molecule has 0 bridgehead atoms. The molecule has 0 saturated heterocycles. The van der Waals surface area contributed by atoms with E-state index in [-0.39, 0.29) is 0 Å². The fourth-order valence-electron chi connectivity index (χ4n) is 9.39. The van der Waals surface area contributed by atoms with Crippen molar-refractivity contribution >= 4 is 43.9 Å². The minimum Gasteiger partial charge on any atom is -0.277 e. The van der Waals surface area contributed by atoms with Gasteiger partial charge in [0.1, 0.15) is 0 Å². The maximum Gasteiger partial charge on any atom is 0.238 e. The number of thiophene rings is 1. The van der Waals surface area contributed by atoms with Crippen molar-refractivity contribution in [2.24, 2.45) is 0 Å². The smallest absolute Gasteiger partial charge is 0.238 e.